The van der Waals surface area contributed by atoms with Crippen LogP contribution in [0, 0.1) is 5.92 Å². The average molecular weight is 2170 g/mol. The Kier molecular flexibility index (Phi) is 60.2. The predicted octanol–water partition coefficient (Wildman–Crippen LogP) is -13.4. The number of amides is 9. The molecule has 0 unspecified atom stereocenters. The first kappa shape index (κ1) is 131. The van der Waals surface area contributed by atoms with Gasteiger partial charge < -0.3 is 202 Å². The van der Waals surface area contributed by atoms with Crippen LogP contribution in [0.3, 0.4) is 0 Å². The molecule has 6 rings (SSSR count). The van der Waals surface area contributed by atoms with Crippen molar-refractivity contribution in [3.05, 3.63) is 0 Å². The van der Waals surface area contributed by atoms with Gasteiger partial charge in [0.2, 0.25) is 53.2 Å². The smallest absolute Gasteiger partial charge is 0.234 e. The van der Waals surface area contributed by atoms with Crippen molar-refractivity contribution >= 4 is 76.3 Å². The minimum atomic E-state index is -1.70. The summed E-state index contributed by atoms with van der Waals surface area (Å²) in [6.45, 7) is 1.59. The van der Waals surface area contributed by atoms with E-state index in [1.807, 2.05) is 0 Å². The van der Waals surface area contributed by atoms with Crippen molar-refractivity contribution in [2.24, 2.45) is 11.7 Å². The molecule has 150 heavy (non-hydrogen) atoms. The number of ketones is 4. The standard InChI is InChI=1S/C94H165N13O43/c1-49(108)59(21-12-15-25-95)103-62(112)24-11-9-8-10-23-61(111)60(22-14-17-27-97-64(114)46-107(47-68(118)101-31-37-143-93-86(136)80(130)74(124)54(6)149-93)48-69(119)102-32-38-144-94-87(137)81(131)75(125)55(7)150-94)104-88(138)56(39-58(110)41-106(44-66(116)99-29-35-141-91-84(134)78(128)72(122)52(4)147-91)45-67(117)100-30-36-142-92-85(135)79(129)73(123)53(5)148-92)19-13-16-26-96-63(113)42-105(40-57(109)20-18-33-139-89-82(132)76(126)70(120)50(2)145-89)43-65(115)98-28-34-140-90-83(133)77(127)71(121)51(3)146-90/h50-56,59-60,70-87,89-94,120-137H,8-48,95H2,1-7H3,(H,96,113)(H,97,114)(H,98,115)(H,99,116)(H,100,117)(H,101,118)(H,102,119)(H,103,112)(H,104,138)/t50-,51-,52-,53-,54-,55-,56+,59-,60-,70+,71+,72+,73+,74+,75+,76+,77+,78+,79+,80+,81+,82-,83-,84-,85-,86-,87-,89+,90+,91+,92+,93+,94+/m0/s1. The third-order valence-electron chi connectivity index (χ3n) is 26.1. The van der Waals surface area contributed by atoms with E-state index < -0.39 is 332 Å². The van der Waals surface area contributed by atoms with Gasteiger partial charge in [0.15, 0.2) is 49.3 Å². The van der Waals surface area contributed by atoms with Gasteiger partial charge in [-0.15, -0.1) is 0 Å². The predicted molar refractivity (Wildman–Crippen MR) is 515 cm³/mol. The molecule has 6 aliphatic rings. The lowest BCUT2D eigenvalue weighted by Gasteiger charge is -2.38. The van der Waals surface area contributed by atoms with E-state index in [1.54, 1.807) is 0 Å². The number of nitrogens with two attached hydrogens (primary N) is 1. The highest BCUT2D eigenvalue weighted by Crippen LogP contribution is 2.29. The molecular formula is C94H165N13O43. The molecule has 0 aromatic rings. The fourth-order valence-corrected chi connectivity index (χ4v) is 17.1. The molecular weight excluding hydrogens is 2000 g/mol. The zero-order chi connectivity index (χ0) is 111. The van der Waals surface area contributed by atoms with Crippen molar-refractivity contribution in [3.63, 3.8) is 0 Å². The van der Waals surface area contributed by atoms with E-state index >= 15 is 4.79 Å². The number of hydrogen-bond acceptors (Lipinski definition) is 47. The minimum Gasteiger partial charge on any atom is -0.388 e. The minimum absolute atomic E-state index is 0.0143. The van der Waals surface area contributed by atoms with Crippen LogP contribution in [0.2, 0.25) is 0 Å². The lowest BCUT2D eigenvalue weighted by molar-refractivity contribution is -0.293. The van der Waals surface area contributed by atoms with Crippen molar-refractivity contribution in [1.82, 2.24) is 62.6 Å². The number of aliphatic hydroxyl groups is 18. The van der Waals surface area contributed by atoms with E-state index in [4.69, 9.17) is 62.6 Å². The Morgan fingerprint density at radius 2 is 0.533 bits per heavy atom. The monoisotopic (exact) mass is 2160 g/mol. The number of nitrogens with one attached hydrogen (secondary N) is 9. The van der Waals surface area contributed by atoms with E-state index in [9.17, 15) is 149 Å². The lowest BCUT2D eigenvalue weighted by atomic mass is 9.93. The van der Waals surface area contributed by atoms with Gasteiger partial charge in [-0.1, -0.05) is 19.3 Å². The molecule has 0 radical (unpaired) electrons. The molecule has 0 bridgehead atoms. The third-order valence-corrected chi connectivity index (χ3v) is 26.1. The second-order valence-electron chi connectivity index (χ2n) is 38.7. The second kappa shape index (κ2) is 68.8. The van der Waals surface area contributed by atoms with E-state index in [1.165, 1.54) is 58.3 Å². The summed E-state index contributed by atoms with van der Waals surface area (Å²) in [6, 6.07) is -2.02. The maximum atomic E-state index is 15.3. The van der Waals surface area contributed by atoms with Crippen LogP contribution in [0.4, 0.5) is 0 Å². The first-order valence-corrected chi connectivity index (χ1v) is 51.4. The highest BCUT2D eigenvalue weighted by atomic mass is 16.7. The van der Waals surface area contributed by atoms with Gasteiger partial charge in [-0.05, 0) is 126 Å². The number of ether oxygens (including phenoxy) is 12. The number of Topliss-reactive ketones (excluding diaryl/α,β-unsaturated/α-hetero) is 4. The summed E-state index contributed by atoms with van der Waals surface area (Å²) in [5, 5.41) is 210. The Morgan fingerprint density at radius 3 is 0.840 bits per heavy atom. The highest BCUT2D eigenvalue weighted by molar-refractivity contribution is 5.93. The van der Waals surface area contributed by atoms with Gasteiger partial charge >= 0.3 is 0 Å². The number of rotatable bonds is 71. The van der Waals surface area contributed by atoms with Gasteiger partial charge in [0, 0.05) is 77.4 Å². The molecule has 56 nitrogen and oxygen atoms in total. The van der Waals surface area contributed by atoms with E-state index in [2.05, 4.69) is 47.9 Å². The molecule has 0 spiro atoms. The quantitative estimate of drug-likeness (QED) is 0.0251. The zero-order valence-electron chi connectivity index (χ0n) is 86.2. The molecule has 9 amide bonds. The van der Waals surface area contributed by atoms with Crippen molar-refractivity contribution in [2.45, 2.75) is 360 Å². The Morgan fingerprint density at radius 1 is 0.267 bits per heavy atom. The Hall–Kier alpha value is -7.45. The van der Waals surface area contributed by atoms with Crippen LogP contribution >= 0.6 is 0 Å². The summed E-state index contributed by atoms with van der Waals surface area (Å²) >= 11 is 0. The normalized spacial score (nSPS) is 30.7. The van der Waals surface area contributed by atoms with Crippen molar-refractivity contribution in [3.8, 4) is 0 Å². The number of carbonyl (C=O) groups is 13. The van der Waals surface area contributed by atoms with Crippen LogP contribution in [0.5, 0.6) is 0 Å². The topological polar surface area (TPSA) is 841 Å². The lowest BCUT2D eigenvalue weighted by Crippen LogP contribution is -2.57. The largest absolute Gasteiger partial charge is 0.388 e. The summed E-state index contributed by atoms with van der Waals surface area (Å²) in [4.78, 5) is 184. The Labute approximate surface area is 869 Å². The number of hydrogen-bond donors (Lipinski definition) is 28. The number of aliphatic hydroxyl groups excluding tert-OH is 18. The van der Waals surface area contributed by atoms with Crippen LogP contribution in [0.1, 0.15) is 164 Å². The summed E-state index contributed by atoms with van der Waals surface area (Å²) in [5.41, 5.74) is 5.65. The number of nitrogens with zero attached hydrogens (tertiary/aromatic N) is 3. The van der Waals surface area contributed by atoms with Gasteiger partial charge in [0.25, 0.3) is 0 Å². The third kappa shape index (κ3) is 45.8. The Balaban J connectivity index is 1.23. The average Bonchev–Trinajstić information content (AvgIpc) is 0.841. The Bertz CT molecular complexity index is 3910. The first-order valence-electron chi connectivity index (χ1n) is 51.4. The van der Waals surface area contributed by atoms with E-state index in [0.717, 1.165) is 4.90 Å². The van der Waals surface area contributed by atoms with Crippen LogP contribution in [-0.4, -0.2) is 530 Å². The second-order valence-corrected chi connectivity index (χ2v) is 38.7. The summed E-state index contributed by atoms with van der Waals surface area (Å²) in [5.74, 6) is -9.76. The fraction of sp³-hybridized carbons (Fsp3) is 0.862. The summed E-state index contributed by atoms with van der Waals surface area (Å²) in [6.07, 6.45) is -40.4. The molecule has 33 atom stereocenters. The van der Waals surface area contributed by atoms with E-state index in [0.29, 0.717) is 45.1 Å². The van der Waals surface area contributed by atoms with Crippen molar-refractivity contribution in [2.75, 3.05) is 151 Å². The molecule has 0 saturated carbocycles. The van der Waals surface area contributed by atoms with Gasteiger partial charge in [0.1, 0.15) is 121 Å². The van der Waals surface area contributed by atoms with Gasteiger partial charge in [-0.25, -0.2) is 0 Å². The molecule has 6 aliphatic heterocycles. The van der Waals surface area contributed by atoms with Crippen LogP contribution in [-0.2, 0) is 119 Å². The first-order chi connectivity index (χ1) is 71.1. The number of unbranched alkanes of at least 4 members (excludes halogenated alkanes) is 6. The molecule has 6 saturated heterocycles. The van der Waals surface area contributed by atoms with Gasteiger partial charge in [-0.2, -0.15) is 0 Å². The van der Waals surface area contributed by atoms with Crippen LogP contribution in [0.15, 0.2) is 0 Å². The molecule has 864 valence electrons. The maximum Gasteiger partial charge on any atom is 0.234 e. The van der Waals surface area contributed by atoms with E-state index in [-0.39, 0.29) is 168 Å². The molecule has 0 aromatic heterocycles. The van der Waals surface area contributed by atoms with Crippen molar-refractivity contribution < 1.29 is 211 Å². The molecule has 0 aromatic carbocycles. The molecule has 6 fully saturated rings. The molecule has 29 N–H and O–H groups in total. The SMILES string of the molecule is CC(=O)[C@H](CCCCN)NC(=O)CCCCCCC(=O)[C@H](CCCCNC(=O)CN(CC(=O)NCCO[C@@H]1O[C@@H](C)[C@@H](O)[C@@H](O)[C@@H]1O)CC(=O)NCCO[C@@H]1O[C@@H](C)[C@@H](O)[C@@H](O)[C@@H]1O)NC(=O)[C@H](CCCCNC(=O)CN(CC(=O)CCCO[C@@H]1O[C@@H](C)[C@@H](O)[C@@H](O)[C@@H]1O)CC(=O)NCCO[C@@H]1O[C@@H](C)[C@@H](O)[C@@H](O)[C@@H]1O)CC(=O)CN(CC(=O)NCCO[C@@H]1O[C@@H](C)[C@@H](O)[C@@H](O)[C@@H]1O)CC(=O)NCCO[C@@H]1O[C@@H](C)[C@@H](O)[C@@H](O)[C@@H]1O. The molecule has 6 heterocycles. The zero-order valence-corrected chi connectivity index (χ0v) is 86.2. The number of carbonyl (C=O) groups excluding carboxylic acids is 13. The van der Waals surface area contributed by atoms with Crippen LogP contribution < -0.4 is 53.6 Å². The van der Waals surface area contributed by atoms with Gasteiger partial charge in [-0.3, -0.25) is 77.0 Å². The molecule has 56 heteroatoms. The van der Waals surface area contributed by atoms with Gasteiger partial charge in [0.05, 0.1) is 147 Å². The molecule has 0 aliphatic carbocycles. The summed E-state index contributed by atoms with van der Waals surface area (Å²) in [7, 11) is 0. The van der Waals surface area contributed by atoms with Crippen molar-refractivity contribution in [1.29, 1.82) is 0 Å². The fourth-order valence-electron chi connectivity index (χ4n) is 17.1. The summed E-state index contributed by atoms with van der Waals surface area (Å²) < 4.78 is 66.2. The maximum absolute atomic E-state index is 15.3. The highest BCUT2D eigenvalue weighted by Gasteiger charge is 2.49. The van der Waals surface area contributed by atoms with Crippen LogP contribution in [0.25, 0.3) is 0 Å².